The van der Waals surface area contributed by atoms with Crippen LogP contribution in [-0.4, -0.2) is 63.4 Å². The third-order valence-corrected chi connectivity index (χ3v) is 6.89. The number of ether oxygens (including phenoxy) is 1. The number of benzene rings is 2. The smallest absolute Gasteiger partial charge is 0.199 e. The van der Waals surface area contributed by atoms with E-state index in [0.717, 1.165) is 37.4 Å². The standard InChI is InChI=1S/C26H29FN8O/c1-17(2)33-7-9-34(10-8-33)21-5-3-20(4-6-21)32-25-26-30-15-31-35(26)23(14-29-25)18-11-19-13-28-16-36-24(19)22(27)12-18/h3-6,11-12,14-15,17,28H,7-10,13,16H2,1-2H3,(H,29,32). The topological polar surface area (TPSA) is 82.8 Å². The Hall–Kier alpha value is -3.76. The van der Waals surface area contributed by atoms with Gasteiger partial charge in [-0.1, -0.05) is 0 Å². The SMILES string of the molecule is CC(C)N1CCN(c2ccc(Nc3ncc(-c4cc(F)c5c(c4)CNCO5)n4ncnc34)cc2)CC1. The van der Waals surface area contributed by atoms with Crippen LogP contribution in [0.3, 0.4) is 0 Å². The van der Waals surface area contributed by atoms with Crippen LogP contribution < -0.4 is 20.3 Å². The highest BCUT2D eigenvalue weighted by Crippen LogP contribution is 2.32. The first kappa shape index (κ1) is 22.7. The van der Waals surface area contributed by atoms with Gasteiger partial charge < -0.3 is 15.0 Å². The molecule has 0 radical (unpaired) electrons. The van der Waals surface area contributed by atoms with Crippen LogP contribution in [0.1, 0.15) is 19.4 Å². The molecule has 2 aromatic heterocycles. The van der Waals surface area contributed by atoms with Crippen LogP contribution in [0.4, 0.5) is 21.6 Å². The van der Waals surface area contributed by atoms with Crippen molar-refractivity contribution >= 4 is 22.8 Å². The maximum Gasteiger partial charge on any atom is 0.199 e. The number of hydrogen-bond acceptors (Lipinski definition) is 8. The van der Waals surface area contributed by atoms with Gasteiger partial charge in [0.25, 0.3) is 0 Å². The average molecular weight is 489 g/mol. The first-order chi connectivity index (χ1) is 17.6. The van der Waals surface area contributed by atoms with Crippen molar-refractivity contribution in [3.63, 3.8) is 0 Å². The molecule has 0 atom stereocenters. The molecule has 1 saturated heterocycles. The second-order valence-corrected chi connectivity index (χ2v) is 9.44. The van der Waals surface area contributed by atoms with Crippen molar-refractivity contribution in [2.45, 2.75) is 26.4 Å². The minimum absolute atomic E-state index is 0.295. The maximum absolute atomic E-state index is 14.7. The van der Waals surface area contributed by atoms with Crippen molar-refractivity contribution in [2.75, 3.05) is 43.1 Å². The van der Waals surface area contributed by atoms with Gasteiger partial charge in [-0.05, 0) is 50.2 Å². The minimum Gasteiger partial charge on any atom is -0.475 e. The lowest BCUT2D eigenvalue weighted by Crippen LogP contribution is -2.48. The third-order valence-electron chi connectivity index (χ3n) is 6.89. The average Bonchev–Trinajstić information content (AvgIpc) is 3.40. The normalized spacial score (nSPS) is 16.3. The molecule has 2 N–H and O–H groups in total. The minimum atomic E-state index is -0.398. The van der Waals surface area contributed by atoms with Crippen LogP contribution >= 0.6 is 0 Å². The third kappa shape index (κ3) is 4.22. The van der Waals surface area contributed by atoms with E-state index in [1.165, 1.54) is 18.1 Å². The lowest BCUT2D eigenvalue weighted by molar-refractivity contribution is 0.209. The Morgan fingerprint density at radius 3 is 2.64 bits per heavy atom. The van der Waals surface area contributed by atoms with E-state index in [9.17, 15) is 4.39 Å². The van der Waals surface area contributed by atoms with Crippen LogP contribution in [0.15, 0.2) is 48.9 Å². The van der Waals surface area contributed by atoms with Gasteiger partial charge in [-0.3, -0.25) is 10.2 Å². The molecule has 4 aromatic rings. The Bertz CT molecular complexity index is 1380. The van der Waals surface area contributed by atoms with Crippen LogP contribution in [0, 0.1) is 5.82 Å². The van der Waals surface area contributed by atoms with Crippen LogP contribution in [0.25, 0.3) is 16.9 Å². The molecule has 36 heavy (non-hydrogen) atoms. The van der Waals surface area contributed by atoms with E-state index in [1.807, 2.05) is 6.07 Å². The molecular weight excluding hydrogens is 459 g/mol. The summed E-state index contributed by atoms with van der Waals surface area (Å²) in [7, 11) is 0. The Labute approximate surface area is 208 Å². The Morgan fingerprint density at radius 2 is 1.86 bits per heavy atom. The Morgan fingerprint density at radius 1 is 1.06 bits per heavy atom. The summed E-state index contributed by atoms with van der Waals surface area (Å²) in [4.78, 5) is 13.9. The van der Waals surface area contributed by atoms with Crippen molar-refractivity contribution in [3.05, 3.63) is 60.3 Å². The number of halogens is 1. The summed E-state index contributed by atoms with van der Waals surface area (Å²) in [6.07, 6.45) is 3.16. The van der Waals surface area contributed by atoms with Gasteiger partial charge in [0.15, 0.2) is 23.0 Å². The first-order valence-corrected chi connectivity index (χ1v) is 12.3. The zero-order valence-electron chi connectivity index (χ0n) is 20.4. The quantitative estimate of drug-likeness (QED) is 0.441. The highest BCUT2D eigenvalue weighted by Gasteiger charge is 2.20. The second kappa shape index (κ2) is 9.36. The summed E-state index contributed by atoms with van der Waals surface area (Å²) in [5.74, 6) is 0.479. The fourth-order valence-corrected chi connectivity index (χ4v) is 4.89. The molecule has 9 nitrogen and oxygen atoms in total. The monoisotopic (exact) mass is 488 g/mol. The molecule has 0 bridgehead atoms. The van der Waals surface area contributed by atoms with Crippen molar-refractivity contribution in [3.8, 4) is 17.0 Å². The predicted molar refractivity (Wildman–Crippen MR) is 137 cm³/mol. The number of nitrogens with one attached hydrogen (secondary N) is 2. The van der Waals surface area contributed by atoms with Crippen molar-refractivity contribution in [1.82, 2.24) is 29.8 Å². The van der Waals surface area contributed by atoms with Crippen LogP contribution in [-0.2, 0) is 6.54 Å². The van der Waals surface area contributed by atoms with E-state index in [-0.39, 0.29) is 0 Å². The molecule has 0 unspecified atom stereocenters. The van der Waals surface area contributed by atoms with E-state index in [4.69, 9.17) is 4.74 Å². The van der Waals surface area contributed by atoms with Gasteiger partial charge in [-0.15, -0.1) is 0 Å². The number of aromatic nitrogens is 4. The largest absolute Gasteiger partial charge is 0.475 e. The number of nitrogens with zero attached hydrogens (tertiary/aromatic N) is 6. The highest BCUT2D eigenvalue weighted by molar-refractivity contribution is 5.74. The van der Waals surface area contributed by atoms with Crippen LogP contribution in [0.2, 0.25) is 0 Å². The summed E-state index contributed by atoms with van der Waals surface area (Å²) < 4.78 is 21.8. The lowest BCUT2D eigenvalue weighted by Gasteiger charge is -2.38. The molecule has 186 valence electrons. The fourth-order valence-electron chi connectivity index (χ4n) is 4.89. The number of rotatable bonds is 5. The first-order valence-electron chi connectivity index (χ1n) is 12.3. The summed E-state index contributed by atoms with van der Waals surface area (Å²) in [6, 6.07) is 12.3. The van der Waals surface area contributed by atoms with E-state index in [1.54, 1.807) is 10.7 Å². The summed E-state index contributed by atoms with van der Waals surface area (Å²) in [5, 5.41) is 10.8. The fraction of sp³-hybridized carbons (Fsp3) is 0.346. The maximum atomic E-state index is 14.7. The molecule has 0 spiro atoms. The van der Waals surface area contributed by atoms with E-state index in [0.29, 0.717) is 47.8 Å². The molecule has 6 rings (SSSR count). The van der Waals surface area contributed by atoms with Gasteiger partial charge in [-0.25, -0.2) is 18.9 Å². The van der Waals surface area contributed by atoms with E-state index in [2.05, 4.69) is 73.6 Å². The van der Waals surface area contributed by atoms with Crippen molar-refractivity contribution in [1.29, 1.82) is 0 Å². The molecule has 4 heterocycles. The predicted octanol–water partition coefficient (Wildman–Crippen LogP) is 3.64. The molecule has 0 aliphatic carbocycles. The molecule has 2 aliphatic heterocycles. The number of piperazine rings is 1. The highest BCUT2D eigenvalue weighted by atomic mass is 19.1. The van der Waals surface area contributed by atoms with E-state index >= 15 is 0 Å². The van der Waals surface area contributed by atoms with Gasteiger partial charge >= 0.3 is 0 Å². The van der Waals surface area contributed by atoms with Crippen molar-refractivity contribution < 1.29 is 9.13 Å². The van der Waals surface area contributed by atoms with E-state index < -0.39 is 5.82 Å². The molecule has 2 aromatic carbocycles. The molecule has 1 fully saturated rings. The molecule has 0 saturated carbocycles. The molecule has 2 aliphatic rings. The van der Waals surface area contributed by atoms with Gasteiger partial charge in [0.1, 0.15) is 13.1 Å². The zero-order chi connectivity index (χ0) is 24.6. The lowest BCUT2D eigenvalue weighted by atomic mass is 10.1. The molecule has 0 amide bonds. The number of anilines is 3. The second-order valence-electron chi connectivity index (χ2n) is 9.44. The zero-order valence-corrected chi connectivity index (χ0v) is 20.4. The Kier molecular flexibility index (Phi) is 5.90. The van der Waals surface area contributed by atoms with Crippen molar-refractivity contribution in [2.24, 2.45) is 0 Å². The van der Waals surface area contributed by atoms with Gasteiger partial charge in [0.2, 0.25) is 0 Å². The summed E-state index contributed by atoms with van der Waals surface area (Å²) >= 11 is 0. The Balaban J connectivity index is 1.23. The van der Waals surface area contributed by atoms with Gasteiger partial charge in [0, 0.05) is 61.3 Å². The van der Waals surface area contributed by atoms with Gasteiger partial charge in [0.05, 0.1) is 11.9 Å². The summed E-state index contributed by atoms with van der Waals surface area (Å²) in [5.41, 5.74) is 4.76. The molecule has 10 heteroatoms. The van der Waals surface area contributed by atoms with Gasteiger partial charge in [-0.2, -0.15) is 5.10 Å². The number of hydrogen-bond donors (Lipinski definition) is 2. The summed E-state index contributed by atoms with van der Waals surface area (Å²) in [6.45, 7) is 9.55. The van der Waals surface area contributed by atoms with Crippen LogP contribution in [0.5, 0.6) is 5.75 Å². The number of fused-ring (bicyclic) bond motifs is 2. The molecular formula is C26H29FN8O.